The van der Waals surface area contributed by atoms with Gasteiger partial charge in [-0.2, -0.15) is 0 Å². The number of sulfonamides is 1. The second-order valence-electron chi connectivity index (χ2n) is 4.82. The van der Waals surface area contributed by atoms with Crippen molar-refractivity contribution in [3.05, 3.63) is 18.2 Å². The smallest absolute Gasteiger partial charge is 0.244 e. The molecule has 8 heteroatoms. The first-order valence-electron chi connectivity index (χ1n) is 6.65. The van der Waals surface area contributed by atoms with Gasteiger partial charge < -0.3 is 15.4 Å². The van der Waals surface area contributed by atoms with Crippen LogP contribution in [0, 0.1) is 0 Å². The monoisotopic (exact) mass is 313 g/mol. The largest absolute Gasteiger partial charge is 0.495 e. The van der Waals surface area contributed by atoms with E-state index in [0.29, 0.717) is 18.8 Å². The first-order valence-corrected chi connectivity index (χ1v) is 8.13. The Kier molecular flexibility index (Phi) is 4.69. The fourth-order valence-electron chi connectivity index (χ4n) is 2.22. The molecule has 1 amide bonds. The zero-order chi connectivity index (χ0) is 15.5. The molecule has 0 spiro atoms. The minimum atomic E-state index is -3.82. The van der Waals surface area contributed by atoms with E-state index < -0.39 is 10.0 Å². The van der Waals surface area contributed by atoms with Gasteiger partial charge in [-0.15, -0.1) is 0 Å². The molecule has 1 heterocycles. The van der Waals surface area contributed by atoms with Crippen molar-refractivity contribution in [3.8, 4) is 5.75 Å². The number of anilines is 1. The maximum absolute atomic E-state index is 12.2. The van der Waals surface area contributed by atoms with E-state index in [2.05, 4.69) is 4.72 Å². The van der Waals surface area contributed by atoms with E-state index in [1.54, 1.807) is 4.90 Å². The van der Waals surface area contributed by atoms with Crippen molar-refractivity contribution in [1.82, 2.24) is 9.62 Å². The number of rotatable bonds is 5. The second-order valence-corrected chi connectivity index (χ2v) is 6.56. The lowest BCUT2D eigenvalue weighted by Crippen LogP contribution is -2.38. The fourth-order valence-corrected chi connectivity index (χ4v) is 3.34. The summed E-state index contributed by atoms with van der Waals surface area (Å²) in [5, 5.41) is 0. The van der Waals surface area contributed by atoms with Gasteiger partial charge in [0.15, 0.2) is 0 Å². The molecule has 0 radical (unpaired) electrons. The first kappa shape index (κ1) is 15.6. The number of amides is 1. The van der Waals surface area contributed by atoms with Crippen LogP contribution in [-0.2, 0) is 14.8 Å². The molecule has 1 saturated heterocycles. The molecule has 116 valence electrons. The molecular weight excluding hydrogens is 294 g/mol. The van der Waals surface area contributed by atoms with Crippen LogP contribution in [0.1, 0.15) is 12.8 Å². The molecule has 1 aromatic rings. The zero-order valence-electron chi connectivity index (χ0n) is 11.8. The third-order valence-electron chi connectivity index (χ3n) is 3.35. The summed E-state index contributed by atoms with van der Waals surface area (Å²) in [7, 11) is -2.46. The summed E-state index contributed by atoms with van der Waals surface area (Å²) >= 11 is 0. The third kappa shape index (κ3) is 3.64. The molecule has 1 aromatic carbocycles. The molecule has 7 nitrogen and oxygen atoms in total. The number of nitrogens with two attached hydrogens (primary N) is 1. The quantitative estimate of drug-likeness (QED) is 0.755. The molecule has 3 N–H and O–H groups in total. The van der Waals surface area contributed by atoms with E-state index in [-0.39, 0.29) is 23.1 Å². The summed E-state index contributed by atoms with van der Waals surface area (Å²) in [4.78, 5) is 13.5. The van der Waals surface area contributed by atoms with Crippen LogP contribution in [-0.4, -0.2) is 46.0 Å². The summed E-state index contributed by atoms with van der Waals surface area (Å²) in [6, 6.07) is 4.26. The Labute approximate surface area is 124 Å². The van der Waals surface area contributed by atoms with Crippen molar-refractivity contribution in [2.75, 3.05) is 32.5 Å². The van der Waals surface area contributed by atoms with E-state index in [1.165, 1.54) is 25.3 Å². The summed E-state index contributed by atoms with van der Waals surface area (Å²) < 4.78 is 31.8. The predicted molar refractivity (Wildman–Crippen MR) is 78.4 cm³/mol. The Morgan fingerprint density at radius 2 is 2.05 bits per heavy atom. The van der Waals surface area contributed by atoms with Crippen LogP contribution in [0.25, 0.3) is 0 Å². The van der Waals surface area contributed by atoms with Crippen molar-refractivity contribution in [1.29, 1.82) is 0 Å². The molecule has 0 saturated carbocycles. The highest BCUT2D eigenvalue weighted by Crippen LogP contribution is 2.25. The highest BCUT2D eigenvalue weighted by molar-refractivity contribution is 7.89. The van der Waals surface area contributed by atoms with Gasteiger partial charge in [-0.25, -0.2) is 13.1 Å². The standard InChI is InChI=1S/C13H19N3O4S/c1-20-11-8-10(14)4-5-12(11)21(18,19)15-9-13(17)16-6-2-3-7-16/h4-5,8,15H,2-3,6-7,9,14H2,1H3. The van der Waals surface area contributed by atoms with Gasteiger partial charge in [0.1, 0.15) is 10.6 Å². The van der Waals surface area contributed by atoms with E-state index in [4.69, 9.17) is 10.5 Å². The average Bonchev–Trinajstić information content (AvgIpc) is 2.98. The lowest BCUT2D eigenvalue weighted by atomic mass is 10.3. The molecule has 0 bridgehead atoms. The minimum absolute atomic E-state index is 0.0339. The second kappa shape index (κ2) is 6.31. The van der Waals surface area contributed by atoms with Crippen LogP contribution in [0.5, 0.6) is 5.75 Å². The van der Waals surface area contributed by atoms with Gasteiger partial charge in [0.2, 0.25) is 15.9 Å². The maximum Gasteiger partial charge on any atom is 0.244 e. The van der Waals surface area contributed by atoms with Gasteiger partial charge in [-0.3, -0.25) is 4.79 Å². The number of nitrogens with one attached hydrogen (secondary N) is 1. The normalized spacial score (nSPS) is 15.2. The number of nitrogens with zero attached hydrogens (tertiary/aromatic N) is 1. The van der Waals surface area contributed by atoms with Crippen molar-refractivity contribution in [2.45, 2.75) is 17.7 Å². The Hall–Kier alpha value is -1.80. The molecule has 2 rings (SSSR count). The highest BCUT2D eigenvalue weighted by Gasteiger charge is 2.23. The molecule has 1 aliphatic rings. The number of hydrogen-bond donors (Lipinski definition) is 2. The molecular formula is C13H19N3O4S. The number of carbonyl (C=O) groups excluding carboxylic acids is 1. The van der Waals surface area contributed by atoms with E-state index in [9.17, 15) is 13.2 Å². The minimum Gasteiger partial charge on any atom is -0.495 e. The van der Waals surface area contributed by atoms with Crippen LogP contribution in [0.4, 0.5) is 5.69 Å². The van der Waals surface area contributed by atoms with Crippen LogP contribution in [0.3, 0.4) is 0 Å². The number of carbonyl (C=O) groups is 1. The Morgan fingerprint density at radius 1 is 1.38 bits per heavy atom. The van der Waals surface area contributed by atoms with Crippen molar-refractivity contribution in [2.24, 2.45) is 0 Å². The molecule has 0 aromatic heterocycles. The van der Waals surface area contributed by atoms with Gasteiger partial charge in [0, 0.05) is 24.8 Å². The summed E-state index contributed by atoms with van der Waals surface area (Å²) in [5.41, 5.74) is 6.00. The number of ether oxygens (including phenoxy) is 1. The van der Waals surface area contributed by atoms with Crippen LogP contribution in [0.2, 0.25) is 0 Å². The number of methoxy groups -OCH3 is 1. The first-order chi connectivity index (χ1) is 9.94. The van der Waals surface area contributed by atoms with Crippen molar-refractivity contribution >= 4 is 21.6 Å². The zero-order valence-corrected chi connectivity index (χ0v) is 12.6. The van der Waals surface area contributed by atoms with Gasteiger partial charge in [-0.05, 0) is 25.0 Å². The van der Waals surface area contributed by atoms with Crippen LogP contribution in [0.15, 0.2) is 23.1 Å². The predicted octanol–water partition coefficient (Wildman–Crippen LogP) is 0.178. The molecule has 0 atom stereocenters. The Bertz CT molecular complexity index is 624. The van der Waals surface area contributed by atoms with Gasteiger partial charge in [0.05, 0.1) is 13.7 Å². The lowest BCUT2D eigenvalue weighted by molar-refractivity contribution is -0.128. The summed E-state index contributed by atoms with van der Waals surface area (Å²) in [6.45, 7) is 1.12. The number of nitrogen functional groups attached to an aromatic ring is 1. The third-order valence-corrected chi connectivity index (χ3v) is 4.79. The Morgan fingerprint density at radius 3 is 2.67 bits per heavy atom. The van der Waals surface area contributed by atoms with E-state index in [0.717, 1.165) is 12.8 Å². The van der Waals surface area contributed by atoms with Crippen molar-refractivity contribution in [3.63, 3.8) is 0 Å². The van der Waals surface area contributed by atoms with Crippen molar-refractivity contribution < 1.29 is 17.9 Å². The highest BCUT2D eigenvalue weighted by atomic mass is 32.2. The molecule has 0 aliphatic carbocycles. The van der Waals surface area contributed by atoms with Crippen LogP contribution < -0.4 is 15.2 Å². The summed E-state index contributed by atoms with van der Waals surface area (Å²) in [5.74, 6) is -0.0680. The molecule has 1 aliphatic heterocycles. The molecule has 0 unspecified atom stereocenters. The topological polar surface area (TPSA) is 102 Å². The van der Waals surface area contributed by atoms with Gasteiger partial charge in [0.25, 0.3) is 0 Å². The lowest BCUT2D eigenvalue weighted by Gasteiger charge is -2.16. The Balaban J connectivity index is 2.09. The fraction of sp³-hybridized carbons (Fsp3) is 0.462. The van der Waals surface area contributed by atoms with Gasteiger partial charge >= 0.3 is 0 Å². The SMILES string of the molecule is COc1cc(N)ccc1S(=O)(=O)NCC(=O)N1CCCC1. The average molecular weight is 313 g/mol. The van der Waals surface area contributed by atoms with Gasteiger partial charge in [-0.1, -0.05) is 0 Å². The van der Waals surface area contributed by atoms with E-state index in [1.807, 2.05) is 0 Å². The maximum atomic E-state index is 12.2. The molecule has 21 heavy (non-hydrogen) atoms. The van der Waals surface area contributed by atoms with Crippen LogP contribution >= 0.6 is 0 Å². The summed E-state index contributed by atoms with van der Waals surface area (Å²) in [6.07, 6.45) is 1.93. The molecule has 1 fully saturated rings. The number of hydrogen-bond acceptors (Lipinski definition) is 5. The number of benzene rings is 1. The van der Waals surface area contributed by atoms with E-state index >= 15 is 0 Å². The number of likely N-dealkylation sites (tertiary alicyclic amines) is 1.